The molecule has 1 unspecified atom stereocenters. The average Bonchev–Trinajstić information content (AvgIpc) is 1.31. The molecule has 0 bridgehead atoms. The van der Waals surface area contributed by atoms with Gasteiger partial charge in [-0.3, -0.25) is 0 Å². The Kier molecular flexibility index (Phi) is 3.31. The zero-order valence-electron chi connectivity index (χ0n) is 3.11. The summed E-state index contributed by atoms with van der Waals surface area (Å²) in [6, 6.07) is 0. The van der Waals surface area contributed by atoms with E-state index in [-0.39, 0.29) is 0 Å². The van der Waals surface area contributed by atoms with Crippen LogP contribution in [0.25, 0.3) is 0 Å². The summed E-state index contributed by atoms with van der Waals surface area (Å²) in [4.78, 5) is 0. The lowest BCUT2D eigenvalue weighted by Gasteiger charge is -2.13. The Balaban J connectivity index is 3.54. The van der Waals surface area contributed by atoms with Gasteiger partial charge >= 0.3 is 0 Å². The molecule has 0 aromatic rings. The van der Waals surface area contributed by atoms with Gasteiger partial charge in [-0.25, -0.2) is 0 Å². The topological polar surface area (TPSA) is 40.5 Å². The van der Waals surface area contributed by atoms with Crippen molar-refractivity contribution >= 4 is 47.8 Å². The predicted octanol–water partition coefficient (Wildman–Crippen LogP) is 1.14. The van der Waals surface area contributed by atoms with Crippen LogP contribution in [0.2, 0.25) is 0 Å². The predicted molar refractivity (Wildman–Crippen MR) is 37.7 cm³/mol. The average molecular weight is 299 g/mol. The number of hydrogen-bond acceptors (Lipinski definition) is 2. The molecule has 0 aliphatic carbocycles. The van der Waals surface area contributed by atoms with E-state index in [4.69, 9.17) is 10.2 Å². The SMILES string of the molecule is OC(Br)C(O)(Br)Br. The van der Waals surface area contributed by atoms with Crippen LogP contribution in [0.1, 0.15) is 0 Å². The van der Waals surface area contributed by atoms with Gasteiger partial charge in [0.05, 0.1) is 0 Å². The molecule has 44 valence electrons. The molecule has 2 N–H and O–H groups in total. The summed E-state index contributed by atoms with van der Waals surface area (Å²) in [5.41, 5.74) is 0. The van der Waals surface area contributed by atoms with Crippen molar-refractivity contribution in [2.24, 2.45) is 0 Å². The van der Waals surface area contributed by atoms with Crippen LogP contribution in [-0.4, -0.2) is 18.6 Å². The highest BCUT2D eigenvalue weighted by molar-refractivity contribution is 9.26. The van der Waals surface area contributed by atoms with E-state index in [1.807, 2.05) is 0 Å². The van der Waals surface area contributed by atoms with Gasteiger partial charge in [-0.1, -0.05) is 15.9 Å². The van der Waals surface area contributed by atoms with Crippen LogP contribution in [0.5, 0.6) is 0 Å². The van der Waals surface area contributed by atoms with E-state index < -0.39 is 8.43 Å². The second-order valence-electron chi connectivity index (χ2n) is 0.924. The first-order valence-corrected chi connectivity index (χ1v) is 3.87. The number of aliphatic hydroxyl groups excluding tert-OH is 1. The first-order valence-electron chi connectivity index (χ1n) is 1.37. The molecule has 0 aliphatic heterocycles. The van der Waals surface area contributed by atoms with Gasteiger partial charge in [-0.05, 0) is 31.9 Å². The van der Waals surface area contributed by atoms with Gasteiger partial charge in [0, 0.05) is 0 Å². The minimum absolute atomic E-state index is 1.00. The summed E-state index contributed by atoms with van der Waals surface area (Å²) in [6.07, 6.45) is 0. The molecule has 1 atom stereocenters. The molecule has 2 nitrogen and oxygen atoms in total. The fourth-order valence-electron chi connectivity index (χ4n) is 0. The van der Waals surface area contributed by atoms with Gasteiger partial charge in [-0.2, -0.15) is 0 Å². The van der Waals surface area contributed by atoms with Crippen molar-refractivity contribution in [3.05, 3.63) is 0 Å². The second kappa shape index (κ2) is 2.77. The van der Waals surface area contributed by atoms with Gasteiger partial charge in [0.25, 0.3) is 0 Å². The summed E-state index contributed by atoms with van der Waals surface area (Å²) in [5.74, 6) is 0. The molecule has 0 aliphatic rings. The van der Waals surface area contributed by atoms with Crippen LogP contribution in [0.4, 0.5) is 0 Å². The third kappa shape index (κ3) is 3.90. The molecule has 0 aromatic carbocycles. The molecular weight excluding hydrogens is 296 g/mol. The molecule has 7 heavy (non-hydrogen) atoms. The zero-order valence-corrected chi connectivity index (χ0v) is 7.86. The maximum Gasteiger partial charge on any atom is 0.211 e. The number of halogens is 3. The molecular formula is C2H3Br3O2. The van der Waals surface area contributed by atoms with Gasteiger partial charge in [0.2, 0.25) is 3.42 Å². The highest BCUT2D eigenvalue weighted by atomic mass is 79.9. The van der Waals surface area contributed by atoms with Crippen LogP contribution in [0, 0.1) is 0 Å². The molecule has 0 radical (unpaired) electrons. The third-order valence-electron chi connectivity index (χ3n) is 0.287. The van der Waals surface area contributed by atoms with Gasteiger partial charge in [-0.15, -0.1) is 0 Å². The Hall–Kier alpha value is 1.36. The van der Waals surface area contributed by atoms with Crippen LogP contribution < -0.4 is 0 Å². The lowest BCUT2D eigenvalue weighted by atomic mass is 10.8. The largest absolute Gasteiger partial charge is 0.377 e. The Morgan fingerprint density at radius 3 is 1.57 bits per heavy atom. The van der Waals surface area contributed by atoms with Crippen molar-refractivity contribution in [1.82, 2.24) is 0 Å². The van der Waals surface area contributed by atoms with Crippen molar-refractivity contribution in [1.29, 1.82) is 0 Å². The number of hydrogen-bond donors (Lipinski definition) is 2. The molecule has 0 spiro atoms. The van der Waals surface area contributed by atoms with Crippen molar-refractivity contribution < 1.29 is 10.2 Å². The summed E-state index contributed by atoms with van der Waals surface area (Å²) in [6.45, 7) is 0. The Labute approximate surface area is 66.3 Å². The highest BCUT2D eigenvalue weighted by Gasteiger charge is 2.25. The summed E-state index contributed by atoms with van der Waals surface area (Å²) in [7, 11) is 0. The van der Waals surface area contributed by atoms with E-state index in [1.165, 1.54) is 0 Å². The van der Waals surface area contributed by atoms with Gasteiger partial charge < -0.3 is 10.2 Å². The van der Waals surface area contributed by atoms with Crippen LogP contribution in [0.3, 0.4) is 0 Å². The summed E-state index contributed by atoms with van der Waals surface area (Å²) >= 11 is 8.14. The number of alkyl halides is 3. The number of aliphatic hydroxyl groups is 2. The fraction of sp³-hybridized carbons (Fsp3) is 1.00. The molecule has 0 saturated heterocycles. The first kappa shape index (κ1) is 8.36. The molecule has 0 saturated carbocycles. The van der Waals surface area contributed by atoms with Gasteiger partial charge in [0.15, 0.2) is 5.01 Å². The fourth-order valence-corrected chi connectivity index (χ4v) is 0. The second-order valence-corrected chi connectivity index (χ2v) is 5.27. The lowest BCUT2D eigenvalue weighted by Crippen LogP contribution is -2.22. The Morgan fingerprint density at radius 1 is 1.43 bits per heavy atom. The van der Waals surface area contributed by atoms with E-state index in [9.17, 15) is 0 Å². The third-order valence-corrected chi connectivity index (χ3v) is 3.05. The molecule has 0 aromatic heterocycles. The lowest BCUT2D eigenvalue weighted by molar-refractivity contribution is 0.126. The van der Waals surface area contributed by atoms with E-state index in [0.717, 1.165) is 0 Å². The highest BCUT2D eigenvalue weighted by Crippen LogP contribution is 2.29. The van der Waals surface area contributed by atoms with Crippen molar-refractivity contribution in [3.8, 4) is 0 Å². The van der Waals surface area contributed by atoms with Crippen molar-refractivity contribution in [2.75, 3.05) is 0 Å². The smallest absolute Gasteiger partial charge is 0.211 e. The Morgan fingerprint density at radius 2 is 1.57 bits per heavy atom. The maximum absolute atomic E-state index is 8.63. The van der Waals surface area contributed by atoms with Gasteiger partial charge in [0.1, 0.15) is 0 Å². The van der Waals surface area contributed by atoms with Crippen LogP contribution >= 0.6 is 47.8 Å². The van der Waals surface area contributed by atoms with Crippen molar-refractivity contribution in [3.63, 3.8) is 0 Å². The van der Waals surface area contributed by atoms with Crippen LogP contribution in [0.15, 0.2) is 0 Å². The first-order chi connectivity index (χ1) is 2.94. The van der Waals surface area contributed by atoms with E-state index >= 15 is 0 Å². The molecule has 0 rings (SSSR count). The minimum atomic E-state index is -1.40. The normalized spacial score (nSPS) is 16.7. The molecule has 5 heteroatoms. The molecule has 0 fully saturated rings. The van der Waals surface area contributed by atoms with Crippen LogP contribution in [-0.2, 0) is 0 Å². The summed E-state index contributed by atoms with van der Waals surface area (Å²) < 4.78 is -1.40. The standard InChI is InChI=1S/C2H3Br3O2/c3-1(6)2(4,5)7/h1,6-7H. The maximum atomic E-state index is 8.63. The van der Waals surface area contributed by atoms with E-state index in [1.54, 1.807) is 0 Å². The molecule has 0 heterocycles. The Bertz CT molecular complexity index is 56.4. The quantitative estimate of drug-likeness (QED) is 0.713. The zero-order chi connectivity index (χ0) is 6.08. The van der Waals surface area contributed by atoms with E-state index in [2.05, 4.69) is 47.8 Å². The summed E-state index contributed by atoms with van der Waals surface area (Å²) in [5, 5.41) is 16.1. The van der Waals surface area contributed by atoms with E-state index in [0.29, 0.717) is 0 Å². The minimum Gasteiger partial charge on any atom is -0.377 e. The molecule has 0 amide bonds. The monoisotopic (exact) mass is 296 g/mol. The van der Waals surface area contributed by atoms with Crippen molar-refractivity contribution in [2.45, 2.75) is 8.43 Å². The number of rotatable bonds is 1.